The molecule has 0 spiro atoms. The van der Waals surface area contributed by atoms with Crippen LogP contribution in [-0.4, -0.2) is 26.1 Å². The van der Waals surface area contributed by atoms with Gasteiger partial charge in [-0.05, 0) is 25.2 Å². The van der Waals surface area contributed by atoms with Gasteiger partial charge in [0, 0.05) is 11.9 Å². The molecular formula is C10H20ClNO2S. The number of rotatable bonds is 5. The molecule has 90 valence electrons. The minimum absolute atomic E-state index is 0.0628. The molecule has 15 heavy (non-hydrogen) atoms. The van der Waals surface area contributed by atoms with Gasteiger partial charge in [0.2, 0.25) is 10.0 Å². The van der Waals surface area contributed by atoms with Gasteiger partial charge in [-0.2, -0.15) is 0 Å². The maximum atomic E-state index is 11.6. The average molecular weight is 254 g/mol. The average Bonchev–Trinajstić information content (AvgIpc) is 2.17. The highest BCUT2D eigenvalue weighted by atomic mass is 35.5. The molecule has 0 heterocycles. The number of sulfonamides is 1. The molecule has 1 fully saturated rings. The summed E-state index contributed by atoms with van der Waals surface area (Å²) in [5.74, 6) is 1.09. The number of hydrogen-bond donors (Lipinski definition) is 1. The van der Waals surface area contributed by atoms with Crippen LogP contribution in [0, 0.1) is 5.92 Å². The third kappa shape index (κ3) is 4.29. The first-order valence-corrected chi connectivity index (χ1v) is 7.83. The number of nitrogens with one attached hydrogen (secondary N) is 1. The second-order valence-electron chi connectivity index (χ2n) is 4.24. The van der Waals surface area contributed by atoms with Gasteiger partial charge >= 0.3 is 0 Å². The predicted molar refractivity (Wildman–Crippen MR) is 63.7 cm³/mol. The van der Waals surface area contributed by atoms with Crippen LogP contribution in [0.15, 0.2) is 0 Å². The van der Waals surface area contributed by atoms with Gasteiger partial charge in [-0.3, -0.25) is 0 Å². The van der Waals surface area contributed by atoms with Gasteiger partial charge in [0.05, 0.1) is 5.75 Å². The van der Waals surface area contributed by atoms with Gasteiger partial charge in [0.15, 0.2) is 0 Å². The summed E-state index contributed by atoms with van der Waals surface area (Å²) in [4.78, 5) is 0. The van der Waals surface area contributed by atoms with Crippen LogP contribution >= 0.6 is 11.6 Å². The fourth-order valence-corrected chi connectivity index (χ4v) is 3.90. The molecule has 0 radical (unpaired) electrons. The quantitative estimate of drug-likeness (QED) is 0.763. The van der Waals surface area contributed by atoms with E-state index in [0.717, 1.165) is 19.3 Å². The van der Waals surface area contributed by atoms with Gasteiger partial charge in [0.1, 0.15) is 0 Å². The van der Waals surface area contributed by atoms with E-state index >= 15 is 0 Å². The minimum atomic E-state index is -3.08. The Morgan fingerprint density at radius 1 is 1.33 bits per heavy atom. The number of halogens is 1. The topological polar surface area (TPSA) is 46.2 Å². The van der Waals surface area contributed by atoms with Gasteiger partial charge in [0.25, 0.3) is 0 Å². The highest BCUT2D eigenvalue weighted by Gasteiger charge is 2.27. The Morgan fingerprint density at radius 3 is 2.60 bits per heavy atom. The van der Waals surface area contributed by atoms with Gasteiger partial charge in [-0.25, -0.2) is 13.1 Å². The fraction of sp³-hybridized carbons (Fsp3) is 1.00. The van der Waals surface area contributed by atoms with Crippen LogP contribution in [0.1, 0.15) is 39.0 Å². The van der Waals surface area contributed by atoms with Gasteiger partial charge in [-0.1, -0.05) is 19.8 Å². The maximum absolute atomic E-state index is 11.6. The summed E-state index contributed by atoms with van der Waals surface area (Å²) in [5.41, 5.74) is 0. The van der Waals surface area contributed by atoms with Gasteiger partial charge < -0.3 is 0 Å². The van der Waals surface area contributed by atoms with E-state index < -0.39 is 10.0 Å². The van der Waals surface area contributed by atoms with Crippen molar-refractivity contribution < 1.29 is 8.42 Å². The minimum Gasteiger partial charge on any atom is -0.212 e. The van der Waals surface area contributed by atoms with E-state index in [4.69, 9.17) is 11.6 Å². The molecule has 0 saturated heterocycles. The van der Waals surface area contributed by atoms with Crippen LogP contribution in [0.5, 0.6) is 0 Å². The SMILES string of the molecule is CCCS(=O)(=O)NC1CCCCC1CCl. The monoisotopic (exact) mass is 253 g/mol. The molecule has 0 amide bonds. The van der Waals surface area contributed by atoms with E-state index in [1.807, 2.05) is 6.92 Å². The zero-order chi connectivity index (χ0) is 11.3. The first-order chi connectivity index (χ1) is 7.09. The van der Waals surface area contributed by atoms with Gasteiger partial charge in [-0.15, -0.1) is 11.6 Å². The van der Waals surface area contributed by atoms with E-state index in [1.165, 1.54) is 6.42 Å². The van der Waals surface area contributed by atoms with Crippen molar-refractivity contribution in [3.8, 4) is 0 Å². The van der Waals surface area contributed by atoms with Crippen molar-refractivity contribution in [2.24, 2.45) is 5.92 Å². The summed E-state index contributed by atoms with van der Waals surface area (Å²) in [5, 5.41) is 0. The molecule has 1 aliphatic rings. The molecule has 0 aromatic rings. The summed E-state index contributed by atoms with van der Waals surface area (Å²) in [6.45, 7) is 1.87. The van der Waals surface area contributed by atoms with Crippen molar-refractivity contribution in [2.75, 3.05) is 11.6 Å². The van der Waals surface area contributed by atoms with Crippen molar-refractivity contribution in [3.05, 3.63) is 0 Å². The summed E-state index contributed by atoms with van der Waals surface area (Å²) < 4.78 is 26.0. The lowest BCUT2D eigenvalue weighted by atomic mass is 9.86. The zero-order valence-corrected chi connectivity index (χ0v) is 10.8. The molecule has 5 heteroatoms. The molecule has 0 aromatic heterocycles. The molecule has 1 N–H and O–H groups in total. The van der Waals surface area contributed by atoms with Crippen LogP contribution < -0.4 is 4.72 Å². The van der Waals surface area contributed by atoms with Crippen LogP contribution in [-0.2, 0) is 10.0 Å². The Hall–Kier alpha value is 0.200. The molecular weight excluding hydrogens is 234 g/mol. The van der Waals surface area contributed by atoms with E-state index in [9.17, 15) is 8.42 Å². The van der Waals surface area contributed by atoms with Crippen molar-refractivity contribution in [3.63, 3.8) is 0 Å². The zero-order valence-electron chi connectivity index (χ0n) is 9.21. The molecule has 1 aliphatic carbocycles. The largest absolute Gasteiger partial charge is 0.212 e. The van der Waals surface area contributed by atoms with Crippen molar-refractivity contribution in [1.82, 2.24) is 4.72 Å². The molecule has 0 aromatic carbocycles. The molecule has 1 saturated carbocycles. The Kier molecular flexibility index (Phi) is 5.36. The fourth-order valence-electron chi connectivity index (χ4n) is 2.11. The van der Waals surface area contributed by atoms with E-state index in [0.29, 0.717) is 18.2 Å². The second-order valence-corrected chi connectivity index (χ2v) is 6.42. The molecule has 0 aliphatic heterocycles. The van der Waals surface area contributed by atoms with Crippen molar-refractivity contribution in [1.29, 1.82) is 0 Å². The standard InChI is InChI=1S/C10H20ClNO2S/c1-2-7-15(13,14)12-10-6-4-3-5-9(10)8-11/h9-10,12H,2-8H2,1H3. The van der Waals surface area contributed by atoms with Crippen LogP contribution in [0.2, 0.25) is 0 Å². The molecule has 2 atom stereocenters. The smallest absolute Gasteiger partial charge is 0.211 e. The lowest BCUT2D eigenvalue weighted by Gasteiger charge is -2.30. The highest BCUT2D eigenvalue weighted by molar-refractivity contribution is 7.89. The molecule has 3 nitrogen and oxygen atoms in total. The van der Waals surface area contributed by atoms with E-state index in [2.05, 4.69) is 4.72 Å². The Labute approximate surface area is 97.6 Å². The van der Waals surface area contributed by atoms with E-state index in [-0.39, 0.29) is 11.8 Å². The summed E-state index contributed by atoms with van der Waals surface area (Å²) in [7, 11) is -3.08. The number of alkyl halides is 1. The Bertz CT molecular complexity index is 279. The van der Waals surface area contributed by atoms with Crippen LogP contribution in [0.25, 0.3) is 0 Å². The normalized spacial score (nSPS) is 27.9. The summed E-state index contributed by atoms with van der Waals surface area (Å²) in [6.07, 6.45) is 4.91. The highest BCUT2D eigenvalue weighted by Crippen LogP contribution is 2.25. The Balaban J connectivity index is 2.54. The van der Waals surface area contributed by atoms with Crippen LogP contribution in [0.4, 0.5) is 0 Å². The Morgan fingerprint density at radius 2 is 2.00 bits per heavy atom. The summed E-state index contributed by atoms with van der Waals surface area (Å²) in [6, 6.07) is 0.0628. The van der Waals surface area contributed by atoms with E-state index in [1.54, 1.807) is 0 Å². The van der Waals surface area contributed by atoms with Crippen molar-refractivity contribution >= 4 is 21.6 Å². The molecule has 0 bridgehead atoms. The van der Waals surface area contributed by atoms with Crippen molar-refractivity contribution in [2.45, 2.75) is 45.1 Å². The lowest BCUT2D eigenvalue weighted by Crippen LogP contribution is -2.43. The third-order valence-corrected chi connectivity index (χ3v) is 4.92. The second kappa shape index (κ2) is 6.06. The number of hydrogen-bond acceptors (Lipinski definition) is 2. The third-order valence-electron chi connectivity index (χ3n) is 2.91. The first kappa shape index (κ1) is 13.3. The lowest BCUT2D eigenvalue weighted by molar-refractivity contribution is 0.314. The summed E-state index contributed by atoms with van der Waals surface area (Å²) >= 11 is 5.85. The predicted octanol–water partition coefficient (Wildman–Crippen LogP) is 2.11. The van der Waals surface area contributed by atoms with Crippen LogP contribution in [0.3, 0.4) is 0 Å². The molecule has 2 unspecified atom stereocenters. The first-order valence-electron chi connectivity index (χ1n) is 5.65. The maximum Gasteiger partial charge on any atom is 0.211 e. The molecule has 1 rings (SSSR count).